The number of para-hydroxylation sites is 1. The van der Waals surface area contributed by atoms with Gasteiger partial charge in [0.25, 0.3) is 5.56 Å². The van der Waals surface area contributed by atoms with E-state index in [4.69, 9.17) is 0 Å². The van der Waals surface area contributed by atoms with Crippen molar-refractivity contribution in [2.75, 3.05) is 0 Å². The van der Waals surface area contributed by atoms with Crippen LogP contribution >= 0.6 is 23.5 Å². The van der Waals surface area contributed by atoms with E-state index in [0.29, 0.717) is 11.4 Å². The molecular weight excluding hydrogens is 318 g/mol. The van der Waals surface area contributed by atoms with Gasteiger partial charge >= 0.3 is 5.69 Å². The Morgan fingerprint density at radius 1 is 1.23 bits per heavy atom. The molecule has 1 aromatic carbocycles. The number of hydrogen-bond acceptors (Lipinski definition) is 5. The Hall–Kier alpha value is -1.73. The molecule has 0 bridgehead atoms. The Morgan fingerprint density at radius 2 is 2.00 bits per heavy atom. The second-order valence-electron chi connectivity index (χ2n) is 4.96. The predicted octanol–water partition coefficient (Wildman–Crippen LogP) is 2.25. The van der Waals surface area contributed by atoms with Crippen molar-refractivity contribution >= 4 is 33.6 Å². The fourth-order valence-electron chi connectivity index (χ4n) is 2.14. The summed E-state index contributed by atoms with van der Waals surface area (Å²) in [5, 5.41) is 0. The fraction of sp³-hybridized carbons (Fsp3) is 0.267. The molecule has 5 nitrogen and oxygen atoms in total. The van der Waals surface area contributed by atoms with Gasteiger partial charge in [0.1, 0.15) is 4.38 Å². The third-order valence-corrected chi connectivity index (χ3v) is 5.80. The van der Waals surface area contributed by atoms with E-state index in [2.05, 4.69) is 11.1 Å². The van der Waals surface area contributed by atoms with E-state index in [1.165, 1.54) is 23.2 Å². The van der Waals surface area contributed by atoms with Gasteiger partial charge in [0.2, 0.25) is 0 Å². The molecule has 0 amide bonds. The minimum absolute atomic E-state index is 0.276. The SMILES string of the molecule is Cn1c(CSC2=Nc3ccccc3CS2)cc(=O)n(C)c1=O. The number of aromatic nitrogens is 2. The lowest BCUT2D eigenvalue weighted by atomic mass is 10.2. The van der Waals surface area contributed by atoms with Gasteiger partial charge in [-0.3, -0.25) is 13.9 Å². The van der Waals surface area contributed by atoms with Crippen molar-refractivity contribution in [3.05, 3.63) is 62.4 Å². The maximum absolute atomic E-state index is 11.9. The van der Waals surface area contributed by atoms with Crippen LogP contribution in [0.5, 0.6) is 0 Å². The minimum Gasteiger partial charge on any atom is -0.300 e. The van der Waals surface area contributed by atoms with Gasteiger partial charge in [0.15, 0.2) is 0 Å². The zero-order chi connectivity index (χ0) is 15.7. The van der Waals surface area contributed by atoms with Crippen LogP contribution in [-0.2, 0) is 25.6 Å². The molecule has 1 aliphatic rings. The molecule has 0 N–H and O–H groups in total. The number of rotatable bonds is 2. The molecule has 1 aliphatic heterocycles. The van der Waals surface area contributed by atoms with Gasteiger partial charge < -0.3 is 0 Å². The third-order valence-electron chi connectivity index (χ3n) is 3.52. The zero-order valence-corrected chi connectivity index (χ0v) is 13.9. The Morgan fingerprint density at radius 3 is 2.82 bits per heavy atom. The normalized spacial score (nSPS) is 13.6. The first-order chi connectivity index (χ1) is 10.6. The first-order valence-electron chi connectivity index (χ1n) is 6.74. The van der Waals surface area contributed by atoms with Crippen molar-refractivity contribution in [3.8, 4) is 0 Å². The van der Waals surface area contributed by atoms with Crippen molar-refractivity contribution in [1.29, 1.82) is 0 Å². The third kappa shape index (κ3) is 2.91. The van der Waals surface area contributed by atoms with Crippen molar-refractivity contribution in [2.24, 2.45) is 19.1 Å². The molecule has 0 unspecified atom stereocenters. The Bertz CT molecular complexity index is 868. The molecular formula is C15H15N3O2S2. The first-order valence-corrected chi connectivity index (χ1v) is 8.71. The van der Waals surface area contributed by atoms with Gasteiger partial charge in [-0.2, -0.15) is 0 Å². The van der Waals surface area contributed by atoms with Crippen LogP contribution in [-0.4, -0.2) is 13.5 Å². The lowest BCUT2D eigenvalue weighted by Gasteiger charge is -2.15. The summed E-state index contributed by atoms with van der Waals surface area (Å²) in [6, 6.07) is 9.59. The predicted molar refractivity (Wildman–Crippen MR) is 93.1 cm³/mol. The number of fused-ring (bicyclic) bond motifs is 1. The molecule has 0 radical (unpaired) electrons. The highest BCUT2D eigenvalue weighted by molar-refractivity contribution is 8.38. The van der Waals surface area contributed by atoms with Crippen LogP contribution < -0.4 is 11.2 Å². The lowest BCUT2D eigenvalue weighted by molar-refractivity contribution is 0.665. The zero-order valence-electron chi connectivity index (χ0n) is 12.3. The Labute approximate surface area is 136 Å². The molecule has 0 aliphatic carbocycles. The molecule has 22 heavy (non-hydrogen) atoms. The van der Waals surface area contributed by atoms with Gasteiger partial charge in [-0.1, -0.05) is 41.7 Å². The summed E-state index contributed by atoms with van der Waals surface area (Å²) < 4.78 is 3.58. The standard InChI is InChI=1S/C15H15N3O2S2/c1-17-11(7-13(19)18(2)15(17)20)9-22-14-16-12-6-4-3-5-10(12)8-21-14/h3-7H,8-9H2,1-2H3. The molecule has 2 heterocycles. The molecule has 0 spiro atoms. The largest absolute Gasteiger partial charge is 0.330 e. The second-order valence-corrected chi connectivity index (χ2v) is 7.14. The molecule has 114 valence electrons. The van der Waals surface area contributed by atoms with E-state index in [-0.39, 0.29) is 11.2 Å². The van der Waals surface area contributed by atoms with Crippen LogP contribution in [0.3, 0.4) is 0 Å². The average Bonchev–Trinajstić information content (AvgIpc) is 2.55. The fourth-order valence-corrected chi connectivity index (χ4v) is 4.22. The highest BCUT2D eigenvalue weighted by Gasteiger charge is 2.14. The van der Waals surface area contributed by atoms with Gasteiger partial charge in [-0.25, -0.2) is 9.79 Å². The number of thioether (sulfide) groups is 2. The van der Waals surface area contributed by atoms with Gasteiger partial charge in [-0.05, 0) is 11.6 Å². The summed E-state index contributed by atoms with van der Waals surface area (Å²) >= 11 is 3.24. The van der Waals surface area contributed by atoms with E-state index < -0.39 is 0 Å². The number of aliphatic imine (C=N–C) groups is 1. The topological polar surface area (TPSA) is 56.4 Å². The molecule has 7 heteroatoms. The number of benzene rings is 1. The van der Waals surface area contributed by atoms with Crippen LogP contribution in [0.4, 0.5) is 5.69 Å². The molecule has 2 aromatic rings. The van der Waals surface area contributed by atoms with Crippen LogP contribution in [0.2, 0.25) is 0 Å². The van der Waals surface area contributed by atoms with Gasteiger partial charge in [0.05, 0.1) is 5.69 Å². The monoisotopic (exact) mass is 333 g/mol. The van der Waals surface area contributed by atoms with E-state index in [0.717, 1.165) is 20.4 Å². The molecule has 0 atom stereocenters. The van der Waals surface area contributed by atoms with E-state index in [9.17, 15) is 9.59 Å². The van der Waals surface area contributed by atoms with Crippen molar-refractivity contribution in [1.82, 2.24) is 9.13 Å². The van der Waals surface area contributed by atoms with Gasteiger partial charge in [-0.15, -0.1) is 0 Å². The number of nitrogens with zero attached hydrogens (tertiary/aromatic N) is 3. The maximum atomic E-state index is 11.9. The summed E-state index contributed by atoms with van der Waals surface area (Å²) in [5.41, 5.74) is 2.37. The maximum Gasteiger partial charge on any atom is 0.330 e. The minimum atomic E-state index is -0.299. The molecule has 0 saturated heterocycles. The van der Waals surface area contributed by atoms with Crippen LogP contribution in [0.25, 0.3) is 0 Å². The smallest absolute Gasteiger partial charge is 0.300 e. The molecule has 1 aromatic heterocycles. The van der Waals surface area contributed by atoms with Crippen LogP contribution in [0.1, 0.15) is 11.3 Å². The quantitative estimate of drug-likeness (QED) is 0.846. The number of hydrogen-bond donors (Lipinski definition) is 0. The molecule has 0 fully saturated rings. The van der Waals surface area contributed by atoms with E-state index in [1.807, 2.05) is 18.2 Å². The lowest BCUT2D eigenvalue weighted by Crippen LogP contribution is -2.37. The Kier molecular flexibility index (Phi) is 4.26. The van der Waals surface area contributed by atoms with Crippen molar-refractivity contribution < 1.29 is 0 Å². The summed E-state index contributed by atoms with van der Waals surface area (Å²) in [6.45, 7) is 0. The summed E-state index contributed by atoms with van der Waals surface area (Å²) in [5.74, 6) is 1.45. The molecule has 3 rings (SSSR count). The first kappa shape index (κ1) is 15.2. The van der Waals surface area contributed by atoms with Crippen molar-refractivity contribution in [2.45, 2.75) is 11.5 Å². The highest BCUT2D eigenvalue weighted by Crippen LogP contribution is 2.35. The summed E-state index contributed by atoms with van der Waals surface area (Å²) in [4.78, 5) is 28.3. The second kappa shape index (κ2) is 6.18. The average molecular weight is 333 g/mol. The summed E-state index contributed by atoms with van der Waals surface area (Å²) in [6.07, 6.45) is 0. The van der Waals surface area contributed by atoms with Gasteiger partial charge in [0, 0.05) is 37.4 Å². The summed E-state index contributed by atoms with van der Waals surface area (Å²) in [7, 11) is 3.17. The van der Waals surface area contributed by atoms with Crippen molar-refractivity contribution in [3.63, 3.8) is 0 Å². The Balaban J connectivity index is 1.81. The van der Waals surface area contributed by atoms with E-state index >= 15 is 0 Å². The molecule has 0 saturated carbocycles. The van der Waals surface area contributed by atoms with E-state index in [1.54, 1.807) is 30.6 Å². The highest BCUT2D eigenvalue weighted by atomic mass is 32.2. The van der Waals surface area contributed by atoms with Crippen LogP contribution in [0.15, 0.2) is 44.9 Å². The van der Waals surface area contributed by atoms with Crippen LogP contribution in [0, 0.1) is 0 Å².